The first-order valence-electron chi connectivity index (χ1n) is 7.40. The number of aromatic nitrogens is 2. The third kappa shape index (κ3) is 3.97. The van der Waals surface area contributed by atoms with Crippen molar-refractivity contribution in [2.24, 2.45) is 0 Å². The molecule has 1 aromatic carbocycles. The lowest BCUT2D eigenvalue weighted by Gasteiger charge is -2.08. The average Bonchev–Trinajstić information content (AvgIpc) is 3.13. The SMILES string of the molecule is O=C(NCCn1nc(-c2cccs2)ccc1=O)c1cc(F)ccc1F. The molecule has 0 atom stereocenters. The zero-order valence-electron chi connectivity index (χ0n) is 12.9. The van der Waals surface area contributed by atoms with Gasteiger partial charge >= 0.3 is 0 Å². The number of nitrogens with one attached hydrogen (secondary N) is 1. The summed E-state index contributed by atoms with van der Waals surface area (Å²) >= 11 is 1.49. The van der Waals surface area contributed by atoms with Gasteiger partial charge < -0.3 is 5.32 Å². The van der Waals surface area contributed by atoms with Gasteiger partial charge in [-0.2, -0.15) is 5.10 Å². The first kappa shape index (κ1) is 17.0. The van der Waals surface area contributed by atoms with Crippen LogP contribution >= 0.6 is 11.3 Å². The topological polar surface area (TPSA) is 64.0 Å². The molecule has 0 unspecified atom stereocenters. The van der Waals surface area contributed by atoms with E-state index in [1.165, 1.54) is 22.1 Å². The number of rotatable bonds is 5. The van der Waals surface area contributed by atoms with Crippen LogP contribution in [0.2, 0.25) is 0 Å². The van der Waals surface area contributed by atoms with Crippen molar-refractivity contribution in [2.75, 3.05) is 6.54 Å². The Morgan fingerprint density at radius 3 is 2.80 bits per heavy atom. The molecular formula is C17H13F2N3O2S. The molecule has 0 saturated heterocycles. The Morgan fingerprint density at radius 1 is 1.20 bits per heavy atom. The molecule has 2 heterocycles. The van der Waals surface area contributed by atoms with Crippen LogP contribution in [-0.4, -0.2) is 22.2 Å². The van der Waals surface area contributed by atoms with Gasteiger partial charge in [0.1, 0.15) is 17.3 Å². The average molecular weight is 361 g/mol. The largest absolute Gasteiger partial charge is 0.350 e. The smallest absolute Gasteiger partial charge is 0.266 e. The van der Waals surface area contributed by atoms with E-state index in [0.717, 1.165) is 23.1 Å². The van der Waals surface area contributed by atoms with Crippen LogP contribution in [0.25, 0.3) is 10.6 Å². The summed E-state index contributed by atoms with van der Waals surface area (Å²) in [7, 11) is 0. The molecule has 0 aliphatic heterocycles. The van der Waals surface area contributed by atoms with E-state index < -0.39 is 17.5 Å². The Kier molecular flexibility index (Phi) is 4.99. The molecule has 1 N–H and O–H groups in total. The van der Waals surface area contributed by atoms with Gasteiger partial charge in [0, 0.05) is 12.6 Å². The molecule has 3 aromatic rings. The highest BCUT2D eigenvalue weighted by Crippen LogP contribution is 2.20. The van der Waals surface area contributed by atoms with Crippen molar-refractivity contribution in [1.82, 2.24) is 15.1 Å². The Bertz CT molecular complexity index is 955. The monoisotopic (exact) mass is 361 g/mol. The number of hydrogen-bond acceptors (Lipinski definition) is 4. The minimum absolute atomic E-state index is 0.0512. The summed E-state index contributed by atoms with van der Waals surface area (Å²) in [5, 5.41) is 8.60. The molecule has 25 heavy (non-hydrogen) atoms. The standard InChI is InChI=1S/C17H13F2N3O2S/c18-11-3-4-13(19)12(10-11)17(24)20-7-8-22-16(23)6-5-14(21-22)15-2-1-9-25-15/h1-6,9-10H,7-8H2,(H,20,24). The summed E-state index contributed by atoms with van der Waals surface area (Å²) in [6, 6.07) is 9.45. The van der Waals surface area contributed by atoms with E-state index in [2.05, 4.69) is 10.4 Å². The summed E-state index contributed by atoms with van der Waals surface area (Å²) in [6.45, 7) is 0.163. The highest BCUT2D eigenvalue weighted by molar-refractivity contribution is 7.13. The molecule has 5 nitrogen and oxygen atoms in total. The fourth-order valence-corrected chi connectivity index (χ4v) is 2.90. The molecule has 0 radical (unpaired) electrons. The minimum Gasteiger partial charge on any atom is -0.350 e. The molecular weight excluding hydrogens is 348 g/mol. The van der Waals surface area contributed by atoms with Crippen LogP contribution in [0.5, 0.6) is 0 Å². The maximum absolute atomic E-state index is 13.6. The Balaban J connectivity index is 1.68. The van der Waals surface area contributed by atoms with Crippen molar-refractivity contribution in [2.45, 2.75) is 6.54 Å². The second-order valence-electron chi connectivity index (χ2n) is 5.14. The van der Waals surface area contributed by atoms with E-state index >= 15 is 0 Å². The molecule has 0 aliphatic carbocycles. The zero-order valence-corrected chi connectivity index (χ0v) is 13.7. The summed E-state index contributed by atoms with van der Waals surface area (Å²) in [4.78, 5) is 24.7. The van der Waals surface area contributed by atoms with Crippen molar-refractivity contribution in [1.29, 1.82) is 0 Å². The van der Waals surface area contributed by atoms with Crippen LogP contribution in [0.15, 0.2) is 52.6 Å². The second-order valence-corrected chi connectivity index (χ2v) is 6.09. The third-order valence-electron chi connectivity index (χ3n) is 3.42. The summed E-state index contributed by atoms with van der Waals surface area (Å²) in [5.74, 6) is -2.26. The van der Waals surface area contributed by atoms with E-state index in [1.807, 2.05) is 17.5 Å². The van der Waals surface area contributed by atoms with Crippen molar-refractivity contribution < 1.29 is 13.6 Å². The van der Waals surface area contributed by atoms with Crippen LogP contribution in [0, 0.1) is 11.6 Å². The predicted octanol–water partition coefficient (Wildman–Crippen LogP) is 2.68. The van der Waals surface area contributed by atoms with Crippen LogP contribution in [0.4, 0.5) is 8.78 Å². The van der Waals surface area contributed by atoms with Gasteiger partial charge in [-0.25, -0.2) is 13.5 Å². The van der Waals surface area contributed by atoms with Gasteiger partial charge in [-0.1, -0.05) is 6.07 Å². The minimum atomic E-state index is -0.811. The normalized spacial score (nSPS) is 10.6. The van der Waals surface area contributed by atoms with Crippen molar-refractivity contribution in [3.8, 4) is 10.6 Å². The molecule has 0 bridgehead atoms. The quantitative estimate of drug-likeness (QED) is 0.760. The molecule has 0 spiro atoms. The van der Waals surface area contributed by atoms with E-state index in [1.54, 1.807) is 6.07 Å². The molecule has 0 saturated carbocycles. The first-order chi connectivity index (χ1) is 12.0. The molecule has 3 rings (SSSR count). The van der Waals surface area contributed by atoms with Gasteiger partial charge in [-0.05, 0) is 35.7 Å². The Morgan fingerprint density at radius 2 is 2.04 bits per heavy atom. The van der Waals surface area contributed by atoms with Crippen LogP contribution < -0.4 is 10.9 Å². The van der Waals surface area contributed by atoms with Crippen LogP contribution in [0.1, 0.15) is 10.4 Å². The molecule has 1 amide bonds. The number of thiophene rings is 1. The number of hydrogen-bond donors (Lipinski definition) is 1. The molecule has 0 fully saturated rings. The van der Waals surface area contributed by atoms with Crippen molar-refractivity contribution in [3.05, 3.63) is 75.4 Å². The van der Waals surface area contributed by atoms with Gasteiger partial charge in [-0.15, -0.1) is 11.3 Å². The Hall–Kier alpha value is -2.87. The lowest BCUT2D eigenvalue weighted by atomic mass is 10.2. The molecule has 128 valence electrons. The van der Waals surface area contributed by atoms with Gasteiger partial charge in [0.15, 0.2) is 0 Å². The maximum Gasteiger partial charge on any atom is 0.266 e. The van der Waals surface area contributed by atoms with Gasteiger partial charge in [-0.3, -0.25) is 9.59 Å². The maximum atomic E-state index is 13.6. The van der Waals surface area contributed by atoms with E-state index in [-0.39, 0.29) is 24.2 Å². The molecule has 2 aromatic heterocycles. The molecule has 0 aliphatic rings. The summed E-state index contributed by atoms with van der Waals surface area (Å²) < 4.78 is 27.9. The lowest BCUT2D eigenvalue weighted by Crippen LogP contribution is -2.32. The number of halogens is 2. The van der Waals surface area contributed by atoms with E-state index in [0.29, 0.717) is 5.69 Å². The summed E-state index contributed by atoms with van der Waals surface area (Å²) in [6.07, 6.45) is 0. The van der Waals surface area contributed by atoms with E-state index in [9.17, 15) is 18.4 Å². The number of carbonyl (C=O) groups excluding carboxylic acids is 1. The number of nitrogens with zero attached hydrogens (tertiary/aromatic N) is 2. The highest BCUT2D eigenvalue weighted by Gasteiger charge is 2.12. The van der Waals surface area contributed by atoms with Gasteiger partial charge in [0.05, 0.1) is 17.0 Å². The zero-order chi connectivity index (χ0) is 17.8. The highest BCUT2D eigenvalue weighted by atomic mass is 32.1. The number of benzene rings is 1. The van der Waals surface area contributed by atoms with E-state index in [4.69, 9.17) is 0 Å². The van der Waals surface area contributed by atoms with Crippen LogP contribution in [0.3, 0.4) is 0 Å². The first-order valence-corrected chi connectivity index (χ1v) is 8.28. The fourth-order valence-electron chi connectivity index (χ4n) is 2.21. The van der Waals surface area contributed by atoms with Gasteiger partial charge in [0.25, 0.3) is 11.5 Å². The number of carbonyl (C=O) groups is 1. The number of amides is 1. The van der Waals surface area contributed by atoms with Crippen molar-refractivity contribution >= 4 is 17.2 Å². The summed E-state index contributed by atoms with van der Waals surface area (Å²) in [5.41, 5.74) is -0.0452. The lowest BCUT2D eigenvalue weighted by molar-refractivity contribution is 0.0947. The van der Waals surface area contributed by atoms with Gasteiger partial charge in [0.2, 0.25) is 0 Å². The fraction of sp³-hybridized carbons (Fsp3) is 0.118. The third-order valence-corrected chi connectivity index (χ3v) is 4.31. The second kappa shape index (κ2) is 7.35. The Labute approximate surface area is 145 Å². The van der Waals surface area contributed by atoms with Crippen molar-refractivity contribution in [3.63, 3.8) is 0 Å². The predicted molar refractivity (Wildman–Crippen MR) is 90.5 cm³/mol. The molecule has 8 heteroatoms. The van der Waals surface area contributed by atoms with Crippen LogP contribution in [-0.2, 0) is 6.54 Å².